The van der Waals surface area contributed by atoms with Crippen LogP contribution in [0.3, 0.4) is 0 Å². The molecule has 0 bridgehead atoms. The average Bonchev–Trinajstić information content (AvgIpc) is 2.86. The van der Waals surface area contributed by atoms with Gasteiger partial charge < -0.3 is 14.4 Å². The Bertz CT molecular complexity index is 1460. The normalized spacial score (nSPS) is 12.7. The maximum Gasteiger partial charge on any atom is 0.416 e. The van der Waals surface area contributed by atoms with Crippen LogP contribution in [0.4, 0.5) is 18.9 Å². The van der Waals surface area contributed by atoms with Gasteiger partial charge in [0.25, 0.3) is 5.91 Å². The number of nitrogens with zero attached hydrogens (tertiary/aromatic N) is 2. The zero-order valence-electron chi connectivity index (χ0n) is 20.0. The van der Waals surface area contributed by atoms with E-state index in [2.05, 4.69) is 0 Å². The van der Waals surface area contributed by atoms with Crippen LogP contribution in [-0.4, -0.2) is 24.8 Å². The van der Waals surface area contributed by atoms with Crippen molar-refractivity contribution in [1.82, 2.24) is 0 Å². The van der Waals surface area contributed by atoms with E-state index in [1.165, 1.54) is 50.4 Å². The number of hydrogen-bond donors (Lipinski definition) is 0. The highest BCUT2D eigenvalue weighted by Crippen LogP contribution is 2.38. The number of alkyl halides is 3. The summed E-state index contributed by atoms with van der Waals surface area (Å²) in [5.74, 6) is -3.46. The molecule has 0 aliphatic carbocycles. The van der Waals surface area contributed by atoms with Gasteiger partial charge in [-0.05, 0) is 55.5 Å². The number of anilines is 1. The number of carbonyl (C=O) groups excluding carboxylic acids is 2. The number of hydrogen-bond acceptors (Lipinski definition) is 5. The molecule has 2 unspecified atom stereocenters. The molecular weight excluding hydrogens is 603 g/mol. The summed E-state index contributed by atoms with van der Waals surface area (Å²) < 4.78 is 49.9. The van der Waals surface area contributed by atoms with Crippen molar-refractivity contribution in [3.63, 3.8) is 0 Å². The molecule has 0 radical (unpaired) electrons. The first-order valence-electron chi connectivity index (χ1n) is 10.9. The molecule has 1 amide bonds. The van der Waals surface area contributed by atoms with Gasteiger partial charge in [0, 0.05) is 18.1 Å². The van der Waals surface area contributed by atoms with Crippen molar-refractivity contribution >= 4 is 63.8 Å². The number of amides is 1. The van der Waals surface area contributed by atoms with Crippen LogP contribution in [0.5, 0.6) is 17.2 Å². The fourth-order valence-corrected chi connectivity index (χ4v) is 4.23. The number of halogens is 7. The van der Waals surface area contributed by atoms with Crippen LogP contribution in [0.25, 0.3) is 0 Å². The summed E-state index contributed by atoms with van der Waals surface area (Å²) in [7, 11) is 1.35. The van der Waals surface area contributed by atoms with Gasteiger partial charge in [-0.1, -0.05) is 46.4 Å². The first-order valence-corrected chi connectivity index (χ1v) is 12.4. The lowest BCUT2D eigenvalue weighted by Crippen LogP contribution is -2.41. The molecule has 0 heterocycles. The minimum absolute atomic E-state index is 0.0451. The molecule has 13 heteroatoms. The van der Waals surface area contributed by atoms with E-state index in [1.807, 2.05) is 0 Å². The lowest BCUT2D eigenvalue weighted by atomic mass is 10.00. The molecule has 0 saturated carbocycles. The second-order valence-corrected chi connectivity index (χ2v) is 9.71. The average molecular weight is 620 g/mol. The highest BCUT2D eigenvalue weighted by atomic mass is 35.5. The lowest BCUT2D eigenvalue weighted by Gasteiger charge is -2.23. The predicted molar refractivity (Wildman–Crippen MR) is 142 cm³/mol. The predicted octanol–water partition coefficient (Wildman–Crippen LogP) is 8.25. The Morgan fingerprint density at radius 2 is 1.62 bits per heavy atom. The number of Topliss-reactive ketones (excluding diaryl/α,β-unsaturated/α-hetero) is 1. The van der Waals surface area contributed by atoms with Gasteiger partial charge in [0.05, 0.1) is 32.4 Å². The first-order chi connectivity index (χ1) is 18.2. The third kappa shape index (κ3) is 7.28. The maximum atomic E-state index is 13.0. The van der Waals surface area contributed by atoms with Crippen LogP contribution in [0.15, 0.2) is 54.6 Å². The largest absolute Gasteiger partial charge is 0.481 e. The molecule has 0 aliphatic heterocycles. The van der Waals surface area contributed by atoms with Crippen LogP contribution < -0.4 is 14.4 Å². The van der Waals surface area contributed by atoms with Gasteiger partial charge in [-0.2, -0.15) is 18.4 Å². The fourth-order valence-electron chi connectivity index (χ4n) is 3.31. The number of carbonyl (C=O) groups is 2. The van der Waals surface area contributed by atoms with E-state index in [9.17, 15) is 28.0 Å². The minimum Gasteiger partial charge on any atom is -0.481 e. The number of nitriles is 1. The van der Waals surface area contributed by atoms with Crippen molar-refractivity contribution < 1.29 is 32.2 Å². The number of ketones is 1. The first kappa shape index (κ1) is 30.4. The molecule has 0 N–H and O–H groups in total. The quantitative estimate of drug-likeness (QED) is 0.237. The summed E-state index contributed by atoms with van der Waals surface area (Å²) in [6.45, 7) is 1.33. The van der Waals surface area contributed by atoms with Gasteiger partial charge in [-0.3, -0.25) is 9.59 Å². The third-order valence-corrected chi connectivity index (χ3v) is 6.50. The Kier molecular flexibility index (Phi) is 9.62. The van der Waals surface area contributed by atoms with Gasteiger partial charge in [-0.25, -0.2) is 0 Å². The molecule has 6 nitrogen and oxygen atoms in total. The Labute approximate surface area is 241 Å². The highest BCUT2D eigenvalue weighted by Gasteiger charge is 2.35. The molecule has 3 aromatic rings. The van der Waals surface area contributed by atoms with Crippen molar-refractivity contribution in [3.8, 4) is 23.3 Å². The summed E-state index contributed by atoms with van der Waals surface area (Å²) in [4.78, 5) is 27.0. The van der Waals surface area contributed by atoms with Gasteiger partial charge in [0.2, 0.25) is 0 Å². The lowest BCUT2D eigenvalue weighted by molar-refractivity contribution is -0.137. The van der Waals surface area contributed by atoms with Gasteiger partial charge in [-0.15, -0.1) is 0 Å². The van der Waals surface area contributed by atoms with Crippen molar-refractivity contribution in [2.45, 2.75) is 19.2 Å². The highest BCUT2D eigenvalue weighted by molar-refractivity contribution is 6.37. The molecule has 0 spiro atoms. The number of ether oxygens (including phenoxy) is 2. The summed E-state index contributed by atoms with van der Waals surface area (Å²) in [5.41, 5.74) is -0.708. The Hall–Kier alpha value is -3.16. The Morgan fingerprint density at radius 3 is 2.21 bits per heavy atom. The fraction of sp³-hybridized carbons (Fsp3) is 0.192. The number of rotatable bonds is 8. The molecule has 0 fully saturated rings. The standard InChI is InChI=1S/C26H17Cl4F3N2O4/c1-13(24(36)17(12-34)25(37)35(2)21-7-4-15(27)10-19(21)29)38-23-11-16(5-6-18(23)28)39-22-8-3-14(9-20(22)30)26(31,32)33/h3-11,13,17H,1-2H3. The minimum atomic E-state index is -4.58. The second-order valence-electron chi connectivity index (χ2n) is 8.05. The molecule has 3 aromatic carbocycles. The SMILES string of the molecule is CC(Oc1cc(Oc2ccc(C(F)(F)F)cc2Cl)ccc1Cl)C(=O)C(C#N)C(=O)N(C)c1ccc(Cl)cc1Cl. The molecule has 0 aromatic heterocycles. The third-order valence-electron chi connectivity index (χ3n) is 5.36. The van der Waals surface area contributed by atoms with Gasteiger partial charge >= 0.3 is 6.18 Å². The summed E-state index contributed by atoms with van der Waals surface area (Å²) in [5, 5.41) is 9.85. The van der Waals surface area contributed by atoms with E-state index in [4.69, 9.17) is 55.9 Å². The summed E-state index contributed by atoms with van der Waals surface area (Å²) in [6.07, 6.45) is -5.89. The Balaban J connectivity index is 1.77. The summed E-state index contributed by atoms with van der Waals surface area (Å²) >= 11 is 24.1. The molecule has 2 atom stereocenters. The van der Waals surface area contributed by atoms with Crippen LogP contribution in [0.1, 0.15) is 12.5 Å². The van der Waals surface area contributed by atoms with Crippen molar-refractivity contribution in [2.24, 2.45) is 5.92 Å². The van der Waals surface area contributed by atoms with Crippen LogP contribution in [0.2, 0.25) is 20.1 Å². The van der Waals surface area contributed by atoms with Crippen LogP contribution in [-0.2, 0) is 15.8 Å². The molecule has 39 heavy (non-hydrogen) atoms. The monoisotopic (exact) mass is 618 g/mol. The smallest absolute Gasteiger partial charge is 0.416 e. The molecule has 0 saturated heterocycles. The zero-order chi connectivity index (χ0) is 29.1. The molecule has 0 aliphatic rings. The van der Waals surface area contributed by atoms with E-state index in [0.717, 1.165) is 23.1 Å². The van der Waals surface area contributed by atoms with E-state index in [-0.39, 0.29) is 38.0 Å². The van der Waals surface area contributed by atoms with Gasteiger partial charge in [0.1, 0.15) is 17.2 Å². The van der Waals surface area contributed by atoms with Crippen molar-refractivity contribution in [2.75, 3.05) is 11.9 Å². The zero-order valence-corrected chi connectivity index (χ0v) is 23.0. The summed E-state index contributed by atoms with van der Waals surface area (Å²) in [6, 6.07) is 12.7. The van der Waals surface area contributed by atoms with E-state index in [1.54, 1.807) is 6.07 Å². The Morgan fingerprint density at radius 1 is 0.923 bits per heavy atom. The molecule has 3 rings (SSSR count). The topological polar surface area (TPSA) is 79.6 Å². The van der Waals surface area contributed by atoms with E-state index >= 15 is 0 Å². The van der Waals surface area contributed by atoms with Crippen molar-refractivity contribution in [3.05, 3.63) is 80.3 Å². The van der Waals surface area contributed by atoms with Crippen molar-refractivity contribution in [1.29, 1.82) is 5.26 Å². The maximum absolute atomic E-state index is 13.0. The molecular formula is C26H17Cl4F3N2O4. The van der Waals surface area contributed by atoms with Gasteiger partial charge in [0.15, 0.2) is 17.8 Å². The number of benzene rings is 3. The van der Waals surface area contributed by atoms with E-state index in [0.29, 0.717) is 5.02 Å². The molecule has 204 valence electrons. The second kappa shape index (κ2) is 12.3. The van der Waals surface area contributed by atoms with E-state index < -0.39 is 35.5 Å². The van der Waals surface area contributed by atoms with Crippen LogP contribution >= 0.6 is 46.4 Å². The van der Waals surface area contributed by atoms with Crippen LogP contribution in [0, 0.1) is 17.2 Å².